The lowest BCUT2D eigenvalue weighted by Crippen LogP contribution is -2.25. The fourth-order valence-electron chi connectivity index (χ4n) is 3.17. The SMILES string of the molecule is CCCc1nc2c(n1C1CC1CC)CCNC2. The van der Waals surface area contributed by atoms with E-state index in [1.165, 1.54) is 42.9 Å². The van der Waals surface area contributed by atoms with Gasteiger partial charge >= 0.3 is 0 Å². The predicted octanol–water partition coefficient (Wildman–Crippen LogP) is 2.45. The Hall–Kier alpha value is -0.830. The summed E-state index contributed by atoms with van der Waals surface area (Å²) in [5.41, 5.74) is 2.86. The Morgan fingerprint density at radius 1 is 1.41 bits per heavy atom. The highest BCUT2D eigenvalue weighted by atomic mass is 15.2. The van der Waals surface area contributed by atoms with Gasteiger partial charge in [-0.2, -0.15) is 0 Å². The molecule has 2 atom stereocenters. The molecule has 94 valence electrons. The summed E-state index contributed by atoms with van der Waals surface area (Å²) in [4.78, 5) is 4.87. The van der Waals surface area contributed by atoms with Crippen LogP contribution in [0.1, 0.15) is 56.4 Å². The molecular formula is C14H23N3. The molecule has 0 saturated heterocycles. The van der Waals surface area contributed by atoms with E-state index < -0.39 is 0 Å². The molecule has 3 nitrogen and oxygen atoms in total. The van der Waals surface area contributed by atoms with Gasteiger partial charge in [-0.05, 0) is 18.8 Å². The van der Waals surface area contributed by atoms with Crippen molar-refractivity contribution in [2.24, 2.45) is 5.92 Å². The molecule has 2 unspecified atom stereocenters. The Morgan fingerprint density at radius 3 is 3.00 bits per heavy atom. The molecule has 1 aromatic rings. The Balaban J connectivity index is 1.95. The van der Waals surface area contributed by atoms with Crippen LogP contribution in [0.5, 0.6) is 0 Å². The zero-order valence-corrected chi connectivity index (χ0v) is 11.0. The predicted molar refractivity (Wildman–Crippen MR) is 69.1 cm³/mol. The number of hydrogen-bond acceptors (Lipinski definition) is 2. The molecule has 3 rings (SSSR count). The minimum absolute atomic E-state index is 0.774. The van der Waals surface area contributed by atoms with Crippen LogP contribution < -0.4 is 5.32 Å². The second-order valence-electron chi connectivity index (χ2n) is 5.44. The van der Waals surface area contributed by atoms with Crippen molar-refractivity contribution < 1.29 is 0 Å². The summed E-state index contributed by atoms with van der Waals surface area (Å²) in [7, 11) is 0. The molecule has 3 heteroatoms. The van der Waals surface area contributed by atoms with Crippen molar-refractivity contribution in [1.82, 2.24) is 14.9 Å². The highest BCUT2D eigenvalue weighted by Gasteiger charge is 2.40. The molecule has 2 heterocycles. The molecule has 0 amide bonds. The van der Waals surface area contributed by atoms with Crippen molar-refractivity contribution in [3.63, 3.8) is 0 Å². The average molecular weight is 233 g/mol. The van der Waals surface area contributed by atoms with Crippen LogP contribution in [-0.4, -0.2) is 16.1 Å². The summed E-state index contributed by atoms with van der Waals surface area (Å²) in [5, 5.41) is 3.43. The zero-order chi connectivity index (χ0) is 11.8. The summed E-state index contributed by atoms with van der Waals surface area (Å²) >= 11 is 0. The summed E-state index contributed by atoms with van der Waals surface area (Å²) in [6.45, 7) is 6.66. The smallest absolute Gasteiger partial charge is 0.109 e. The number of aromatic nitrogens is 2. The Morgan fingerprint density at radius 2 is 2.29 bits per heavy atom. The highest BCUT2D eigenvalue weighted by molar-refractivity contribution is 5.23. The van der Waals surface area contributed by atoms with Gasteiger partial charge < -0.3 is 9.88 Å². The molecule has 17 heavy (non-hydrogen) atoms. The number of fused-ring (bicyclic) bond motifs is 1. The first-order chi connectivity index (χ1) is 8.35. The summed E-state index contributed by atoms with van der Waals surface area (Å²) in [6, 6.07) is 0.774. The first-order valence-electron chi connectivity index (χ1n) is 7.14. The van der Waals surface area contributed by atoms with E-state index in [1.807, 2.05) is 0 Å². The van der Waals surface area contributed by atoms with Crippen molar-refractivity contribution in [3.05, 3.63) is 17.2 Å². The fraction of sp³-hybridized carbons (Fsp3) is 0.786. The van der Waals surface area contributed by atoms with Crippen molar-refractivity contribution >= 4 is 0 Å². The van der Waals surface area contributed by atoms with Crippen LogP contribution in [0, 0.1) is 5.92 Å². The molecule has 0 radical (unpaired) electrons. The van der Waals surface area contributed by atoms with Gasteiger partial charge in [0.05, 0.1) is 5.69 Å². The average Bonchev–Trinajstić information content (AvgIpc) is 3.03. The third kappa shape index (κ3) is 1.90. The van der Waals surface area contributed by atoms with Crippen LogP contribution in [0.25, 0.3) is 0 Å². The molecule has 1 N–H and O–H groups in total. The van der Waals surface area contributed by atoms with Gasteiger partial charge in [-0.3, -0.25) is 0 Å². The third-order valence-electron chi connectivity index (χ3n) is 4.21. The number of nitrogens with zero attached hydrogens (tertiary/aromatic N) is 2. The largest absolute Gasteiger partial charge is 0.328 e. The molecule has 1 aliphatic heterocycles. The summed E-state index contributed by atoms with van der Waals surface area (Å²) in [5.74, 6) is 2.26. The monoisotopic (exact) mass is 233 g/mol. The quantitative estimate of drug-likeness (QED) is 0.865. The van der Waals surface area contributed by atoms with Crippen LogP contribution in [0.15, 0.2) is 0 Å². The lowest BCUT2D eigenvalue weighted by molar-refractivity contribution is 0.557. The van der Waals surface area contributed by atoms with E-state index in [0.717, 1.165) is 31.5 Å². The van der Waals surface area contributed by atoms with Crippen LogP contribution in [0.2, 0.25) is 0 Å². The third-order valence-corrected chi connectivity index (χ3v) is 4.21. The zero-order valence-electron chi connectivity index (χ0n) is 11.0. The molecule has 0 aromatic carbocycles. The molecule has 0 bridgehead atoms. The molecule has 1 saturated carbocycles. The highest BCUT2D eigenvalue weighted by Crippen LogP contribution is 2.47. The molecule has 1 aromatic heterocycles. The number of aryl methyl sites for hydroxylation is 1. The van der Waals surface area contributed by atoms with Gasteiger partial charge in [-0.25, -0.2) is 4.98 Å². The van der Waals surface area contributed by atoms with E-state index in [0.29, 0.717) is 0 Å². The van der Waals surface area contributed by atoms with E-state index in [4.69, 9.17) is 4.98 Å². The Bertz CT molecular complexity index is 408. The standard InChI is InChI=1S/C14H23N3/c1-3-5-14-16-11-9-15-7-6-12(11)17(14)13-8-10(13)4-2/h10,13,15H,3-9H2,1-2H3. The maximum atomic E-state index is 4.87. The molecule has 0 spiro atoms. The maximum absolute atomic E-state index is 4.87. The van der Waals surface area contributed by atoms with E-state index in [9.17, 15) is 0 Å². The molecule has 1 fully saturated rings. The molecule has 1 aliphatic carbocycles. The summed E-state index contributed by atoms with van der Waals surface area (Å²) in [6.07, 6.45) is 6.20. The first-order valence-corrected chi connectivity index (χ1v) is 7.14. The number of imidazole rings is 1. The van der Waals surface area contributed by atoms with Crippen LogP contribution in [-0.2, 0) is 19.4 Å². The Labute approximate surface area is 104 Å². The van der Waals surface area contributed by atoms with E-state index in [-0.39, 0.29) is 0 Å². The maximum Gasteiger partial charge on any atom is 0.109 e. The minimum Gasteiger partial charge on any atom is -0.328 e. The van der Waals surface area contributed by atoms with E-state index in [2.05, 4.69) is 23.7 Å². The first kappa shape index (κ1) is 11.3. The summed E-state index contributed by atoms with van der Waals surface area (Å²) < 4.78 is 2.60. The fourth-order valence-corrected chi connectivity index (χ4v) is 3.17. The van der Waals surface area contributed by atoms with Crippen molar-refractivity contribution in [1.29, 1.82) is 0 Å². The number of hydrogen-bond donors (Lipinski definition) is 1. The lowest BCUT2D eigenvalue weighted by Gasteiger charge is -2.16. The van der Waals surface area contributed by atoms with Crippen molar-refractivity contribution in [2.75, 3.05) is 6.54 Å². The van der Waals surface area contributed by atoms with Crippen LogP contribution in [0.3, 0.4) is 0 Å². The Kier molecular flexibility index (Phi) is 2.95. The van der Waals surface area contributed by atoms with Gasteiger partial charge in [-0.1, -0.05) is 20.3 Å². The van der Waals surface area contributed by atoms with Gasteiger partial charge in [0.25, 0.3) is 0 Å². The van der Waals surface area contributed by atoms with Gasteiger partial charge in [0.2, 0.25) is 0 Å². The normalized spacial score (nSPS) is 26.9. The lowest BCUT2D eigenvalue weighted by atomic mass is 10.2. The van der Waals surface area contributed by atoms with E-state index in [1.54, 1.807) is 0 Å². The van der Waals surface area contributed by atoms with Crippen molar-refractivity contribution in [2.45, 2.75) is 58.5 Å². The van der Waals surface area contributed by atoms with Gasteiger partial charge in [0.1, 0.15) is 5.82 Å². The van der Waals surface area contributed by atoms with E-state index >= 15 is 0 Å². The molecule has 2 aliphatic rings. The molecular weight excluding hydrogens is 210 g/mol. The van der Waals surface area contributed by atoms with Crippen LogP contribution in [0.4, 0.5) is 0 Å². The second-order valence-corrected chi connectivity index (χ2v) is 5.44. The van der Waals surface area contributed by atoms with Crippen LogP contribution >= 0.6 is 0 Å². The number of rotatable bonds is 4. The van der Waals surface area contributed by atoms with Gasteiger partial charge in [0, 0.05) is 37.7 Å². The minimum atomic E-state index is 0.774. The van der Waals surface area contributed by atoms with Gasteiger partial charge in [-0.15, -0.1) is 0 Å². The van der Waals surface area contributed by atoms with Crippen molar-refractivity contribution in [3.8, 4) is 0 Å². The van der Waals surface area contributed by atoms with Gasteiger partial charge in [0.15, 0.2) is 0 Å². The number of nitrogens with one attached hydrogen (secondary N) is 1. The topological polar surface area (TPSA) is 29.9 Å². The second kappa shape index (κ2) is 4.45.